The normalized spacial score (nSPS) is 11.3. The molecule has 0 atom stereocenters. The zero-order valence-electron chi connectivity index (χ0n) is 11.0. The maximum atomic E-state index is 4.75. The molecule has 1 rings (SSSR count). The standard InChI is InChI=1S/C13H24N2S/c1-5-7-11-12(9-14-10(3)4)16-13(15-11)8-6-2/h10,14H,5-9H2,1-4H3. The number of nitrogens with one attached hydrogen (secondary N) is 1. The second-order valence-electron chi connectivity index (χ2n) is 4.51. The maximum Gasteiger partial charge on any atom is 0.0931 e. The Morgan fingerprint density at radius 2 is 1.88 bits per heavy atom. The molecule has 1 aromatic rings. The molecular formula is C13H24N2S. The smallest absolute Gasteiger partial charge is 0.0931 e. The average Bonchev–Trinajstić information content (AvgIpc) is 2.59. The van der Waals surface area contributed by atoms with Gasteiger partial charge in [-0.2, -0.15) is 0 Å². The van der Waals surface area contributed by atoms with Crippen molar-refractivity contribution >= 4 is 11.3 Å². The topological polar surface area (TPSA) is 24.9 Å². The van der Waals surface area contributed by atoms with Crippen LogP contribution < -0.4 is 5.32 Å². The summed E-state index contributed by atoms with van der Waals surface area (Å²) >= 11 is 1.89. The number of nitrogens with zero attached hydrogens (tertiary/aromatic N) is 1. The summed E-state index contributed by atoms with van der Waals surface area (Å²) < 4.78 is 0. The van der Waals surface area contributed by atoms with Crippen LogP contribution in [0.3, 0.4) is 0 Å². The Kier molecular flexibility index (Phi) is 5.99. The van der Waals surface area contributed by atoms with Crippen LogP contribution in [0.2, 0.25) is 0 Å². The Labute approximate surface area is 103 Å². The summed E-state index contributed by atoms with van der Waals surface area (Å²) in [5.41, 5.74) is 1.32. The zero-order chi connectivity index (χ0) is 12.0. The Balaban J connectivity index is 2.70. The highest BCUT2D eigenvalue weighted by atomic mass is 32.1. The lowest BCUT2D eigenvalue weighted by molar-refractivity contribution is 0.589. The quantitative estimate of drug-likeness (QED) is 0.788. The van der Waals surface area contributed by atoms with E-state index in [9.17, 15) is 0 Å². The molecule has 3 heteroatoms. The molecule has 92 valence electrons. The lowest BCUT2D eigenvalue weighted by atomic mass is 10.2. The lowest BCUT2D eigenvalue weighted by Gasteiger charge is -2.07. The summed E-state index contributed by atoms with van der Waals surface area (Å²) in [6.07, 6.45) is 4.62. The SMILES string of the molecule is CCCc1nc(CCC)c(CNC(C)C)s1. The third-order valence-electron chi connectivity index (χ3n) is 2.44. The van der Waals surface area contributed by atoms with E-state index in [1.807, 2.05) is 11.3 Å². The third kappa shape index (κ3) is 4.22. The molecule has 0 aliphatic rings. The van der Waals surface area contributed by atoms with E-state index in [-0.39, 0.29) is 0 Å². The molecule has 0 saturated heterocycles. The first kappa shape index (κ1) is 13.7. The van der Waals surface area contributed by atoms with Gasteiger partial charge in [-0.25, -0.2) is 4.98 Å². The van der Waals surface area contributed by atoms with Gasteiger partial charge in [0.15, 0.2) is 0 Å². The molecule has 0 fully saturated rings. The molecule has 0 radical (unpaired) electrons. The Morgan fingerprint density at radius 1 is 1.19 bits per heavy atom. The first-order chi connectivity index (χ1) is 7.67. The first-order valence-electron chi connectivity index (χ1n) is 6.38. The molecule has 0 aromatic carbocycles. The van der Waals surface area contributed by atoms with Gasteiger partial charge in [-0.15, -0.1) is 11.3 Å². The highest BCUT2D eigenvalue weighted by Crippen LogP contribution is 2.21. The van der Waals surface area contributed by atoms with Crippen LogP contribution in [0.1, 0.15) is 56.1 Å². The van der Waals surface area contributed by atoms with E-state index in [4.69, 9.17) is 4.98 Å². The van der Waals surface area contributed by atoms with Gasteiger partial charge >= 0.3 is 0 Å². The fourth-order valence-corrected chi connectivity index (χ4v) is 2.79. The molecule has 16 heavy (non-hydrogen) atoms. The predicted octanol–water partition coefficient (Wildman–Crippen LogP) is 3.55. The van der Waals surface area contributed by atoms with E-state index in [2.05, 4.69) is 33.0 Å². The Morgan fingerprint density at radius 3 is 2.44 bits per heavy atom. The van der Waals surface area contributed by atoms with Crippen molar-refractivity contribution in [3.05, 3.63) is 15.6 Å². The maximum absolute atomic E-state index is 4.75. The van der Waals surface area contributed by atoms with Crippen molar-refractivity contribution in [2.45, 2.75) is 66.0 Å². The Bertz CT molecular complexity index is 305. The fourth-order valence-electron chi connectivity index (χ4n) is 1.62. The highest BCUT2D eigenvalue weighted by Gasteiger charge is 2.10. The monoisotopic (exact) mass is 240 g/mol. The van der Waals surface area contributed by atoms with Gasteiger partial charge in [0.2, 0.25) is 0 Å². The summed E-state index contributed by atoms with van der Waals surface area (Å²) in [5.74, 6) is 0. The summed E-state index contributed by atoms with van der Waals surface area (Å²) in [6, 6.07) is 0.547. The number of thiazole rings is 1. The van der Waals surface area contributed by atoms with Gasteiger partial charge in [0.1, 0.15) is 0 Å². The molecule has 0 amide bonds. The molecule has 0 aliphatic heterocycles. The number of rotatable bonds is 7. The van der Waals surface area contributed by atoms with E-state index in [1.165, 1.54) is 28.4 Å². The average molecular weight is 240 g/mol. The first-order valence-corrected chi connectivity index (χ1v) is 7.19. The van der Waals surface area contributed by atoms with Crippen molar-refractivity contribution in [2.24, 2.45) is 0 Å². The largest absolute Gasteiger partial charge is 0.310 e. The predicted molar refractivity (Wildman–Crippen MR) is 72.1 cm³/mol. The van der Waals surface area contributed by atoms with Gasteiger partial charge in [-0.05, 0) is 19.3 Å². The van der Waals surface area contributed by atoms with Crippen molar-refractivity contribution in [3.8, 4) is 0 Å². The van der Waals surface area contributed by atoms with Crippen molar-refractivity contribution < 1.29 is 0 Å². The third-order valence-corrected chi connectivity index (χ3v) is 3.60. The molecule has 2 nitrogen and oxygen atoms in total. The molecule has 0 bridgehead atoms. The molecular weight excluding hydrogens is 216 g/mol. The number of hydrogen-bond donors (Lipinski definition) is 1. The number of aryl methyl sites for hydroxylation is 2. The van der Waals surface area contributed by atoms with Crippen LogP contribution in [0.5, 0.6) is 0 Å². The van der Waals surface area contributed by atoms with E-state index in [0.717, 1.165) is 19.4 Å². The van der Waals surface area contributed by atoms with Crippen LogP contribution in [0.4, 0.5) is 0 Å². The minimum absolute atomic E-state index is 0.547. The molecule has 1 aromatic heterocycles. The van der Waals surface area contributed by atoms with Crippen LogP contribution in [0, 0.1) is 0 Å². The molecule has 0 aliphatic carbocycles. The van der Waals surface area contributed by atoms with Crippen LogP contribution in [-0.2, 0) is 19.4 Å². The number of aromatic nitrogens is 1. The van der Waals surface area contributed by atoms with Gasteiger partial charge in [-0.1, -0.05) is 34.1 Å². The minimum atomic E-state index is 0.547. The van der Waals surface area contributed by atoms with Crippen molar-refractivity contribution in [1.82, 2.24) is 10.3 Å². The second-order valence-corrected chi connectivity index (χ2v) is 5.68. The second kappa shape index (κ2) is 7.02. The highest BCUT2D eigenvalue weighted by molar-refractivity contribution is 7.11. The molecule has 1 heterocycles. The van der Waals surface area contributed by atoms with Gasteiger partial charge in [-0.3, -0.25) is 0 Å². The van der Waals surface area contributed by atoms with E-state index >= 15 is 0 Å². The summed E-state index contributed by atoms with van der Waals surface area (Å²) in [7, 11) is 0. The molecule has 0 spiro atoms. The van der Waals surface area contributed by atoms with Gasteiger partial charge in [0.05, 0.1) is 10.7 Å². The van der Waals surface area contributed by atoms with E-state index < -0.39 is 0 Å². The lowest BCUT2D eigenvalue weighted by Crippen LogP contribution is -2.21. The molecule has 1 N–H and O–H groups in total. The van der Waals surface area contributed by atoms with Crippen LogP contribution in [-0.4, -0.2) is 11.0 Å². The fraction of sp³-hybridized carbons (Fsp3) is 0.769. The Hall–Kier alpha value is -0.410. The van der Waals surface area contributed by atoms with Crippen LogP contribution in [0.25, 0.3) is 0 Å². The van der Waals surface area contributed by atoms with Crippen LogP contribution >= 0.6 is 11.3 Å². The number of hydrogen-bond acceptors (Lipinski definition) is 3. The van der Waals surface area contributed by atoms with E-state index in [1.54, 1.807) is 0 Å². The minimum Gasteiger partial charge on any atom is -0.310 e. The molecule has 0 unspecified atom stereocenters. The summed E-state index contributed by atoms with van der Waals surface area (Å²) in [5, 5.41) is 4.80. The van der Waals surface area contributed by atoms with Gasteiger partial charge < -0.3 is 5.32 Å². The summed E-state index contributed by atoms with van der Waals surface area (Å²) in [6.45, 7) is 9.79. The summed E-state index contributed by atoms with van der Waals surface area (Å²) in [4.78, 5) is 6.19. The van der Waals surface area contributed by atoms with Crippen molar-refractivity contribution in [2.75, 3.05) is 0 Å². The van der Waals surface area contributed by atoms with E-state index in [0.29, 0.717) is 6.04 Å². The zero-order valence-corrected chi connectivity index (χ0v) is 11.8. The van der Waals surface area contributed by atoms with Crippen molar-refractivity contribution in [1.29, 1.82) is 0 Å². The van der Waals surface area contributed by atoms with Gasteiger partial charge in [0, 0.05) is 17.5 Å². The van der Waals surface area contributed by atoms with Crippen LogP contribution in [0.15, 0.2) is 0 Å². The van der Waals surface area contributed by atoms with Crippen molar-refractivity contribution in [3.63, 3.8) is 0 Å². The molecule has 0 saturated carbocycles. The van der Waals surface area contributed by atoms with Gasteiger partial charge in [0.25, 0.3) is 0 Å².